The molecule has 4 aromatic carbocycles. The zero-order valence-electron chi connectivity index (χ0n) is 14.5. The van der Waals surface area contributed by atoms with Crippen LogP contribution < -0.4 is 4.90 Å². The van der Waals surface area contributed by atoms with Gasteiger partial charge in [-0.3, -0.25) is 0 Å². The topological polar surface area (TPSA) is 3.24 Å². The van der Waals surface area contributed by atoms with Gasteiger partial charge in [0.2, 0.25) is 0 Å². The summed E-state index contributed by atoms with van der Waals surface area (Å²) in [6.07, 6.45) is 0. The second-order valence-corrected chi connectivity index (χ2v) is 7.89. The van der Waals surface area contributed by atoms with Gasteiger partial charge < -0.3 is 4.90 Å². The second kappa shape index (κ2) is 6.73. The summed E-state index contributed by atoms with van der Waals surface area (Å²) in [4.78, 5) is 2.32. The van der Waals surface area contributed by atoms with E-state index in [0.29, 0.717) is 0 Å². The van der Waals surface area contributed by atoms with E-state index in [1.165, 1.54) is 25.9 Å². The molecule has 130 valence electrons. The molecule has 0 fully saturated rings. The SMILES string of the molecule is Clc1ccc2c(c1)sc1c(N(c3ccccc3)c3ccccc3)cccc12. The summed E-state index contributed by atoms with van der Waals surface area (Å²) in [5.41, 5.74) is 3.47. The molecule has 1 heterocycles. The Morgan fingerprint density at radius 3 is 1.96 bits per heavy atom. The number of thiophene rings is 1. The van der Waals surface area contributed by atoms with Gasteiger partial charge in [0.05, 0.1) is 10.4 Å². The first-order valence-corrected chi connectivity index (χ1v) is 10.0. The normalized spacial score (nSPS) is 11.1. The average Bonchev–Trinajstić information content (AvgIpc) is 3.08. The van der Waals surface area contributed by atoms with E-state index in [-0.39, 0.29) is 0 Å². The van der Waals surface area contributed by atoms with Crippen LogP contribution >= 0.6 is 22.9 Å². The van der Waals surface area contributed by atoms with Gasteiger partial charge in [0.25, 0.3) is 0 Å². The fourth-order valence-electron chi connectivity index (χ4n) is 3.51. The zero-order chi connectivity index (χ0) is 18.2. The summed E-state index contributed by atoms with van der Waals surface area (Å²) in [5, 5.41) is 3.29. The van der Waals surface area contributed by atoms with Gasteiger partial charge in [0, 0.05) is 31.9 Å². The number of benzene rings is 4. The first kappa shape index (κ1) is 16.4. The summed E-state index contributed by atoms with van der Waals surface area (Å²) in [6, 6.07) is 33.7. The standard InChI is InChI=1S/C24H16ClNS/c25-17-14-15-20-21-12-7-13-22(24(21)27-23(20)16-17)26(18-8-3-1-4-9-18)19-10-5-2-6-11-19/h1-16H. The third-order valence-corrected chi connectivity index (χ3v) is 6.14. The highest BCUT2D eigenvalue weighted by Crippen LogP contribution is 2.44. The Bertz CT molecular complexity index is 1190. The Balaban J connectivity index is 1.82. The minimum Gasteiger partial charge on any atom is -0.309 e. The second-order valence-electron chi connectivity index (χ2n) is 6.40. The van der Waals surface area contributed by atoms with E-state index in [9.17, 15) is 0 Å². The highest BCUT2D eigenvalue weighted by atomic mass is 35.5. The number of fused-ring (bicyclic) bond motifs is 3. The molecule has 3 heteroatoms. The molecule has 27 heavy (non-hydrogen) atoms. The lowest BCUT2D eigenvalue weighted by atomic mass is 10.1. The van der Waals surface area contributed by atoms with Crippen molar-refractivity contribution in [3.8, 4) is 0 Å². The molecule has 0 amide bonds. The van der Waals surface area contributed by atoms with Crippen molar-refractivity contribution in [1.29, 1.82) is 0 Å². The molecule has 0 spiro atoms. The number of para-hydroxylation sites is 2. The van der Waals surface area contributed by atoms with E-state index in [1.54, 1.807) is 11.3 Å². The smallest absolute Gasteiger partial charge is 0.0640 e. The van der Waals surface area contributed by atoms with Gasteiger partial charge in [-0.05, 0) is 42.5 Å². The summed E-state index contributed by atoms with van der Waals surface area (Å²) in [7, 11) is 0. The molecule has 0 bridgehead atoms. The van der Waals surface area contributed by atoms with Crippen LogP contribution in [0.15, 0.2) is 97.1 Å². The number of hydrogen-bond donors (Lipinski definition) is 0. The van der Waals surface area contributed by atoms with Gasteiger partial charge in [-0.15, -0.1) is 11.3 Å². The number of hydrogen-bond acceptors (Lipinski definition) is 2. The van der Waals surface area contributed by atoms with Gasteiger partial charge in [-0.2, -0.15) is 0 Å². The lowest BCUT2D eigenvalue weighted by Gasteiger charge is -2.25. The van der Waals surface area contributed by atoms with Crippen molar-refractivity contribution in [3.63, 3.8) is 0 Å². The molecule has 0 unspecified atom stereocenters. The van der Waals surface area contributed by atoms with Gasteiger partial charge in [0.15, 0.2) is 0 Å². The first-order valence-electron chi connectivity index (χ1n) is 8.82. The van der Waals surface area contributed by atoms with E-state index in [2.05, 4.69) is 95.9 Å². The van der Waals surface area contributed by atoms with Crippen molar-refractivity contribution >= 4 is 60.2 Å². The zero-order valence-corrected chi connectivity index (χ0v) is 16.0. The Kier molecular flexibility index (Phi) is 4.08. The van der Waals surface area contributed by atoms with Crippen molar-refractivity contribution in [3.05, 3.63) is 102 Å². The number of halogens is 1. The molecule has 1 nitrogen and oxygen atoms in total. The molecule has 5 aromatic rings. The Morgan fingerprint density at radius 1 is 0.630 bits per heavy atom. The molecular formula is C24H16ClNS. The maximum atomic E-state index is 6.24. The van der Waals surface area contributed by atoms with E-state index in [1.807, 2.05) is 6.07 Å². The van der Waals surface area contributed by atoms with Crippen molar-refractivity contribution in [2.45, 2.75) is 0 Å². The average molecular weight is 386 g/mol. The molecule has 0 saturated carbocycles. The molecule has 0 atom stereocenters. The minimum absolute atomic E-state index is 0.776. The molecule has 0 N–H and O–H groups in total. The molecule has 5 rings (SSSR count). The van der Waals surface area contributed by atoms with Crippen molar-refractivity contribution in [2.75, 3.05) is 4.90 Å². The van der Waals surface area contributed by atoms with Crippen molar-refractivity contribution in [1.82, 2.24) is 0 Å². The summed E-state index contributed by atoms with van der Waals surface area (Å²) in [6.45, 7) is 0. The molecule has 0 aliphatic heterocycles. The van der Waals surface area contributed by atoms with Gasteiger partial charge in [-0.1, -0.05) is 66.2 Å². The largest absolute Gasteiger partial charge is 0.309 e. The maximum Gasteiger partial charge on any atom is 0.0640 e. The van der Waals surface area contributed by atoms with Crippen LogP contribution in [0.1, 0.15) is 0 Å². The van der Waals surface area contributed by atoms with Crippen LogP contribution in [0.4, 0.5) is 17.1 Å². The summed E-state index contributed by atoms with van der Waals surface area (Å²) in [5.74, 6) is 0. The molecule has 0 radical (unpaired) electrons. The van der Waals surface area contributed by atoms with Crippen LogP contribution in [-0.4, -0.2) is 0 Å². The molecular weight excluding hydrogens is 370 g/mol. The van der Waals surface area contributed by atoms with Crippen LogP contribution in [0.3, 0.4) is 0 Å². The van der Waals surface area contributed by atoms with Crippen LogP contribution in [0, 0.1) is 0 Å². The van der Waals surface area contributed by atoms with E-state index >= 15 is 0 Å². The van der Waals surface area contributed by atoms with Crippen LogP contribution in [0.25, 0.3) is 20.2 Å². The predicted octanol–water partition coefficient (Wildman–Crippen LogP) is 8.18. The van der Waals surface area contributed by atoms with E-state index < -0.39 is 0 Å². The number of anilines is 3. The van der Waals surface area contributed by atoms with Crippen LogP contribution in [0.2, 0.25) is 5.02 Å². The summed E-state index contributed by atoms with van der Waals surface area (Å²) < 4.78 is 2.48. The minimum atomic E-state index is 0.776. The molecule has 0 saturated heterocycles. The lowest BCUT2D eigenvalue weighted by molar-refractivity contribution is 1.30. The predicted molar refractivity (Wildman–Crippen MR) is 119 cm³/mol. The van der Waals surface area contributed by atoms with Gasteiger partial charge in [0.1, 0.15) is 0 Å². The Labute approximate surface area is 167 Å². The highest BCUT2D eigenvalue weighted by Gasteiger charge is 2.17. The van der Waals surface area contributed by atoms with E-state index in [4.69, 9.17) is 11.6 Å². The molecule has 1 aromatic heterocycles. The lowest BCUT2D eigenvalue weighted by Crippen LogP contribution is -2.09. The van der Waals surface area contributed by atoms with Crippen LogP contribution in [-0.2, 0) is 0 Å². The maximum absolute atomic E-state index is 6.24. The quantitative estimate of drug-likeness (QED) is 0.302. The number of nitrogens with zero attached hydrogens (tertiary/aromatic N) is 1. The van der Waals surface area contributed by atoms with E-state index in [0.717, 1.165) is 16.4 Å². The highest BCUT2D eigenvalue weighted by molar-refractivity contribution is 7.26. The van der Waals surface area contributed by atoms with Crippen molar-refractivity contribution < 1.29 is 0 Å². The fourth-order valence-corrected chi connectivity index (χ4v) is 5.00. The Morgan fingerprint density at radius 2 is 1.30 bits per heavy atom. The van der Waals surface area contributed by atoms with Crippen LogP contribution in [0.5, 0.6) is 0 Å². The number of rotatable bonds is 3. The monoisotopic (exact) mass is 385 g/mol. The fraction of sp³-hybridized carbons (Fsp3) is 0. The molecule has 0 aliphatic carbocycles. The third-order valence-electron chi connectivity index (χ3n) is 4.71. The first-order chi connectivity index (χ1) is 13.3. The summed E-state index contributed by atoms with van der Waals surface area (Å²) >= 11 is 8.03. The van der Waals surface area contributed by atoms with Crippen molar-refractivity contribution in [2.24, 2.45) is 0 Å². The molecule has 0 aliphatic rings. The Hall–Kier alpha value is -2.81. The van der Waals surface area contributed by atoms with Gasteiger partial charge >= 0.3 is 0 Å². The van der Waals surface area contributed by atoms with Gasteiger partial charge in [-0.25, -0.2) is 0 Å². The third kappa shape index (κ3) is 2.87.